The van der Waals surface area contributed by atoms with Crippen molar-refractivity contribution < 1.29 is 9.53 Å². The summed E-state index contributed by atoms with van der Waals surface area (Å²) >= 11 is 4.91. The van der Waals surface area contributed by atoms with E-state index in [1.807, 2.05) is 29.6 Å². The highest BCUT2D eigenvalue weighted by atomic mass is 79.9. The molecule has 1 heterocycles. The molecular formula is C18H14BrN3O2S. The van der Waals surface area contributed by atoms with Crippen molar-refractivity contribution in [1.82, 2.24) is 4.98 Å². The van der Waals surface area contributed by atoms with Crippen molar-refractivity contribution in [3.05, 3.63) is 69.5 Å². The molecule has 1 aromatic heterocycles. The minimum absolute atomic E-state index is 0.357. The van der Waals surface area contributed by atoms with E-state index in [1.54, 1.807) is 30.5 Å². The van der Waals surface area contributed by atoms with Crippen LogP contribution in [-0.2, 0) is 4.74 Å². The molecule has 0 aliphatic carbocycles. The Morgan fingerprint density at radius 3 is 2.60 bits per heavy atom. The Bertz CT molecular complexity index is 889. The Hall–Kier alpha value is -2.51. The van der Waals surface area contributed by atoms with Gasteiger partial charge >= 0.3 is 5.97 Å². The zero-order valence-electron chi connectivity index (χ0n) is 13.3. The largest absolute Gasteiger partial charge is 0.465 e. The van der Waals surface area contributed by atoms with E-state index >= 15 is 0 Å². The number of anilines is 1. The summed E-state index contributed by atoms with van der Waals surface area (Å²) in [6.07, 6.45) is 1.67. The molecule has 3 rings (SSSR count). The van der Waals surface area contributed by atoms with E-state index in [1.165, 1.54) is 18.4 Å². The second-order valence-corrected chi connectivity index (χ2v) is 6.80. The minimum atomic E-state index is -0.357. The van der Waals surface area contributed by atoms with Crippen molar-refractivity contribution in [3.63, 3.8) is 0 Å². The summed E-state index contributed by atoms with van der Waals surface area (Å²) < 4.78 is 5.70. The van der Waals surface area contributed by atoms with Gasteiger partial charge in [0.15, 0.2) is 0 Å². The highest BCUT2D eigenvalue weighted by Gasteiger charge is 2.04. The number of ether oxygens (including phenoxy) is 1. The predicted molar refractivity (Wildman–Crippen MR) is 104 cm³/mol. The number of thiazole rings is 1. The Balaban J connectivity index is 1.63. The number of hydrogen-bond acceptors (Lipinski definition) is 6. The molecule has 0 amide bonds. The van der Waals surface area contributed by atoms with E-state index in [4.69, 9.17) is 0 Å². The van der Waals surface area contributed by atoms with Crippen molar-refractivity contribution >= 4 is 44.6 Å². The second kappa shape index (κ2) is 8.04. The SMILES string of the molecule is COC(=O)c1ccc(C=NNc2nc(-c3ccc(Br)cc3)cs2)cc1. The highest BCUT2D eigenvalue weighted by Crippen LogP contribution is 2.26. The minimum Gasteiger partial charge on any atom is -0.465 e. The highest BCUT2D eigenvalue weighted by molar-refractivity contribution is 9.10. The van der Waals surface area contributed by atoms with Gasteiger partial charge in [0, 0.05) is 15.4 Å². The number of hydrazone groups is 1. The van der Waals surface area contributed by atoms with Gasteiger partial charge in [0.1, 0.15) is 0 Å². The lowest BCUT2D eigenvalue weighted by atomic mass is 10.1. The van der Waals surface area contributed by atoms with Crippen molar-refractivity contribution in [1.29, 1.82) is 0 Å². The van der Waals surface area contributed by atoms with Gasteiger partial charge in [0.25, 0.3) is 0 Å². The Kier molecular flexibility index (Phi) is 5.57. The van der Waals surface area contributed by atoms with Crippen LogP contribution in [0.4, 0.5) is 5.13 Å². The van der Waals surface area contributed by atoms with Gasteiger partial charge in [-0.05, 0) is 29.8 Å². The van der Waals surface area contributed by atoms with Crippen molar-refractivity contribution in [2.45, 2.75) is 0 Å². The van der Waals surface area contributed by atoms with E-state index in [2.05, 4.69) is 36.2 Å². The van der Waals surface area contributed by atoms with Gasteiger partial charge in [0.05, 0.1) is 24.6 Å². The van der Waals surface area contributed by atoms with E-state index < -0.39 is 0 Å². The normalized spacial score (nSPS) is 10.8. The van der Waals surface area contributed by atoms with Crippen molar-refractivity contribution in [2.24, 2.45) is 5.10 Å². The fourth-order valence-corrected chi connectivity index (χ4v) is 3.00. The zero-order chi connectivity index (χ0) is 17.6. The van der Waals surface area contributed by atoms with E-state index in [0.717, 1.165) is 21.3 Å². The molecule has 0 saturated carbocycles. The number of methoxy groups -OCH3 is 1. The average molecular weight is 416 g/mol. The van der Waals surface area contributed by atoms with E-state index in [-0.39, 0.29) is 5.97 Å². The van der Waals surface area contributed by atoms with Crippen LogP contribution in [0.2, 0.25) is 0 Å². The molecule has 126 valence electrons. The van der Waals surface area contributed by atoms with E-state index in [0.29, 0.717) is 10.7 Å². The zero-order valence-corrected chi connectivity index (χ0v) is 15.7. The summed E-state index contributed by atoms with van der Waals surface area (Å²) in [7, 11) is 1.36. The molecule has 0 bridgehead atoms. The summed E-state index contributed by atoms with van der Waals surface area (Å²) in [5.74, 6) is -0.357. The van der Waals surface area contributed by atoms with Gasteiger partial charge in [-0.25, -0.2) is 9.78 Å². The molecule has 7 heteroatoms. The Labute approximate surface area is 157 Å². The third-order valence-corrected chi connectivity index (χ3v) is 4.63. The van der Waals surface area contributed by atoms with Crippen LogP contribution >= 0.6 is 27.3 Å². The monoisotopic (exact) mass is 415 g/mol. The first-order valence-corrected chi connectivity index (χ1v) is 9.02. The summed E-state index contributed by atoms with van der Waals surface area (Å²) in [4.78, 5) is 15.9. The van der Waals surface area contributed by atoms with Gasteiger partial charge in [-0.1, -0.05) is 40.2 Å². The number of carbonyl (C=O) groups excluding carboxylic acids is 1. The van der Waals surface area contributed by atoms with Crippen LogP contribution < -0.4 is 5.43 Å². The lowest BCUT2D eigenvalue weighted by Gasteiger charge is -1.99. The summed E-state index contributed by atoms with van der Waals surface area (Å²) in [6.45, 7) is 0. The van der Waals surface area contributed by atoms with Gasteiger partial charge in [0.2, 0.25) is 5.13 Å². The van der Waals surface area contributed by atoms with Crippen LogP contribution in [0.15, 0.2) is 63.5 Å². The molecule has 0 spiro atoms. The number of hydrogen-bond donors (Lipinski definition) is 1. The molecular weight excluding hydrogens is 402 g/mol. The topological polar surface area (TPSA) is 63.6 Å². The first-order valence-electron chi connectivity index (χ1n) is 7.34. The molecule has 1 N–H and O–H groups in total. The van der Waals surface area contributed by atoms with E-state index in [9.17, 15) is 4.79 Å². The third-order valence-electron chi connectivity index (χ3n) is 3.35. The molecule has 0 fully saturated rings. The van der Waals surface area contributed by atoms with Gasteiger partial charge in [-0.3, -0.25) is 5.43 Å². The maximum atomic E-state index is 11.4. The molecule has 0 unspecified atom stereocenters. The quantitative estimate of drug-likeness (QED) is 0.369. The molecule has 0 atom stereocenters. The Morgan fingerprint density at radius 1 is 1.20 bits per heavy atom. The molecule has 25 heavy (non-hydrogen) atoms. The predicted octanol–water partition coefficient (Wildman–Crippen LogP) is 4.81. The first kappa shape index (κ1) is 17.3. The number of nitrogens with zero attached hydrogens (tertiary/aromatic N) is 2. The number of halogens is 1. The van der Waals surface area contributed by atoms with Crippen LogP contribution in [-0.4, -0.2) is 24.3 Å². The van der Waals surface area contributed by atoms with Crippen LogP contribution in [0.3, 0.4) is 0 Å². The number of rotatable bonds is 5. The molecule has 0 aliphatic rings. The lowest BCUT2D eigenvalue weighted by Crippen LogP contribution is -2.00. The molecule has 0 radical (unpaired) electrons. The summed E-state index contributed by atoms with van der Waals surface area (Å²) in [5, 5.41) is 6.86. The number of aromatic nitrogens is 1. The Morgan fingerprint density at radius 2 is 1.92 bits per heavy atom. The van der Waals surface area contributed by atoms with Crippen molar-refractivity contribution in [3.8, 4) is 11.3 Å². The summed E-state index contributed by atoms with van der Waals surface area (Å²) in [5.41, 5.74) is 6.24. The molecule has 5 nitrogen and oxygen atoms in total. The van der Waals surface area contributed by atoms with Gasteiger partial charge in [-0.15, -0.1) is 11.3 Å². The summed E-state index contributed by atoms with van der Waals surface area (Å²) in [6, 6.07) is 15.0. The molecule has 0 saturated heterocycles. The van der Waals surface area contributed by atoms with Gasteiger partial charge in [-0.2, -0.15) is 5.10 Å². The lowest BCUT2D eigenvalue weighted by molar-refractivity contribution is 0.0600. The molecule has 2 aromatic carbocycles. The average Bonchev–Trinajstić information content (AvgIpc) is 3.11. The van der Waals surface area contributed by atoms with Crippen LogP contribution in [0.1, 0.15) is 15.9 Å². The van der Waals surface area contributed by atoms with Crippen LogP contribution in [0.5, 0.6) is 0 Å². The maximum absolute atomic E-state index is 11.4. The number of nitrogens with one attached hydrogen (secondary N) is 1. The van der Waals surface area contributed by atoms with Crippen LogP contribution in [0.25, 0.3) is 11.3 Å². The smallest absolute Gasteiger partial charge is 0.337 e. The fourth-order valence-electron chi connectivity index (χ4n) is 2.06. The fraction of sp³-hybridized carbons (Fsp3) is 0.0556. The second-order valence-electron chi connectivity index (χ2n) is 5.03. The van der Waals surface area contributed by atoms with Gasteiger partial charge < -0.3 is 4.74 Å². The number of esters is 1. The third kappa shape index (κ3) is 4.52. The number of benzene rings is 2. The number of carbonyl (C=O) groups is 1. The van der Waals surface area contributed by atoms with Crippen molar-refractivity contribution in [2.75, 3.05) is 12.5 Å². The maximum Gasteiger partial charge on any atom is 0.337 e. The molecule has 0 aliphatic heterocycles. The molecule has 3 aromatic rings. The first-order chi connectivity index (χ1) is 12.2. The van der Waals surface area contributed by atoms with Crippen LogP contribution in [0, 0.1) is 0 Å². The standard InChI is InChI=1S/C18H14BrN3O2S/c1-24-17(23)14-4-2-12(3-5-14)10-20-22-18-21-16(11-25-18)13-6-8-15(19)9-7-13/h2-11H,1H3,(H,21,22).